The minimum absolute atomic E-state index is 0.0798. The Morgan fingerprint density at radius 2 is 2.40 bits per heavy atom. The van der Waals surface area contributed by atoms with E-state index in [2.05, 4.69) is 23.0 Å². The van der Waals surface area contributed by atoms with E-state index in [1.54, 1.807) is 0 Å². The average Bonchev–Trinajstić information content (AvgIpc) is 2.65. The lowest BCUT2D eigenvalue weighted by Crippen LogP contribution is -2.23. The molecule has 1 aromatic heterocycles. The van der Waals surface area contributed by atoms with Crippen LogP contribution < -0.4 is 0 Å². The van der Waals surface area contributed by atoms with Crippen molar-refractivity contribution in [1.29, 1.82) is 5.26 Å². The molecule has 15 heavy (non-hydrogen) atoms. The Labute approximate surface area is 91.1 Å². The number of nitrogens with zero attached hydrogens (tertiary/aromatic N) is 4. The molecule has 4 nitrogen and oxygen atoms in total. The Hall–Kier alpha value is -1.34. The van der Waals surface area contributed by atoms with Crippen molar-refractivity contribution >= 4 is 0 Å². The summed E-state index contributed by atoms with van der Waals surface area (Å²) >= 11 is 0. The van der Waals surface area contributed by atoms with Crippen LogP contribution in [-0.4, -0.2) is 28.3 Å². The first-order chi connectivity index (χ1) is 7.15. The fourth-order valence-electron chi connectivity index (χ4n) is 1.55. The summed E-state index contributed by atoms with van der Waals surface area (Å²) in [4.78, 5) is 2.14. The van der Waals surface area contributed by atoms with Gasteiger partial charge in [-0.25, -0.2) is 0 Å². The van der Waals surface area contributed by atoms with Crippen molar-refractivity contribution in [3.8, 4) is 6.07 Å². The molecule has 0 aliphatic carbocycles. The lowest BCUT2D eigenvalue weighted by molar-refractivity contribution is 0.303. The zero-order chi connectivity index (χ0) is 11.3. The van der Waals surface area contributed by atoms with Gasteiger partial charge >= 0.3 is 0 Å². The Balaban J connectivity index is 2.44. The highest BCUT2D eigenvalue weighted by Crippen LogP contribution is 2.04. The van der Waals surface area contributed by atoms with Crippen molar-refractivity contribution in [1.82, 2.24) is 14.7 Å². The molecular weight excluding hydrogens is 188 g/mol. The van der Waals surface area contributed by atoms with Gasteiger partial charge in [-0.05, 0) is 20.9 Å². The lowest BCUT2D eigenvalue weighted by Gasteiger charge is -2.16. The monoisotopic (exact) mass is 206 g/mol. The standard InChI is InChI=1S/C11H18N4/c1-4-15-9-11(6-13-15)8-14(3)7-10(2)5-12/h6,9-10H,4,7-8H2,1-3H3. The van der Waals surface area contributed by atoms with E-state index in [1.165, 1.54) is 5.56 Å². The van der Waals surface area contributed by atoms with Gasteiger partial charge in [0.25, 0.3) is 0 Å². The molecule has 0 radical (unpaired) electrons. The fraction of sp³-hybridized carbons (Fsp3) is 0.636. The molecule has 0 fully saturated rings. The van der Waals surface area contributed by atoms with Crippen LogP contribution >= 0.6 is 0 Å². The minimum atomic E-state index is 0.0798. The summed E-state index contributed by atoms with van der Waals surface area (Å²) in [5.41, 5.74) is 1.20. The minimum Gasteiger partial charge on any atom is -0.301 e. The van der Waals surface area contributed by atoms with Crippen LogP contribution in [0.1, 0.15) is 19.4 Å². The molecule has 1 rings (SSSR count). The van der Waals surface area contributed by atoms with Crippen LogP contribution in [0.2, 0.25) is 0 Å². The van der Waals surface area contributed by atoms with Crippen LogP contribution in [0.4, 0.5) is 0 Å². The van der Waals surface area contributed by atoms with Gasteiger partial charge in [-0.2, -0.15) is 10.4 Å². The summed E-state index contributed by atoms with van der Waals surface area (Å²) in [5, 5.41) is 12.9. The molecule has 1 aromatic rings. The summed E-state index contributed by atoms with van der Waals surface area (Å²) in [6.07, 6.45) is 3.94. The molecule has 1 unspecified atom stereocenters. The second kappa shape index (κ2) is 5.52. The third-order valence-corrected chi connectivity index (χ3v) is 2.27. The van der Waals surface area contributed by atoms with E-state index in [0.29, 0.717) is 0 Å². The topological polar surface area (TPSA) is 44.9 Å². The highest BCUT2D eigenvalue weighted by molar-refractivity contribution is 5.03. The van der Waals surface area contributed by atoms with E-state index in [-0.39, 0.29) is 5.92 Å². The summed E-state index contributed by atoms with van der Waals surface area (Å²) in [6, 6.07) is 2.24. The maximum atomic E-state index is 8.70. The lowest BCUT2D eigenvalue weighted by atomic mass is 10.2. The molecular formula is C11H18N4. The van der Waals surface area contributed by atoms with Crippen molar-refractivity contribution in [3.05, 3.63) is 18.0 Å². The number of nitriles is 1. The molecule has 0 N–H and O–H groups in total. The largest absolute Gasteiger partial charge is 0.301 e. The molecule has 0 spiro atoms. The summed E-state index contributed by atoms with van der Waals surface area (Å²) in [6.45, 7) is 6.56. The summed E-state index contributed by atoms with van der Waals surface area (Å²) < 4.78 is 1.91. The smallest absolute Gasteiger partial charge is 0.0666 e. The van der Waals surface area contributed by atoms with E-state index in [0.717, 1.165) is 19.6 Å². The molecule has 0 saturated heterocycles. The summed E-state index contributed by atoms with van der Waals surface area (Å²) in [7, 11) is 2.02. The predicted octanol–water partition coefficient (Wildman–Crippen LogP) is 1.49. The first kappa shape index (κ1) is 11.7. The van der Waals surface area contributed by atoms with Crippen molar-refractivity contribution in [2.24, 2.45) is 5.92 Å². The van der Waals surface area contributed by atoms with Crippen LogP contribution in [0.25, 0.3) is 0 Å². The molecule has 0 bridgehead atoms. The highest BCUT2D eigenvalue weighted by atomic mass is 15.3. The molecule has 0 aromatic carbocycles. The van der Waals surface area contributed by atoms with Gasteiger partial charge in [-0.3, -0.25) is 4.68 Å². The van der Waals surface area contributed by atoms with E-state index >= 15 is 0 Å². The van der Waals surface area contributed by atoms with E-state index in [1.807, 2.05) is 31.0 Å². The Kier molecular flexibility index (Phi) is 4.32. The van der Waals surface area contributed by atoms with E-state index in [4.69, 9.17) is 5.26 Å². The van der Waals surface area contributed by atoms with Gasteiger partial charge in [-0.1, -0.05) is 0 Å². The predicted molar refractivity (Wildman–Crippen MR) is 59.0 cm³/mol. The zero-order valence-electron chi connectivity index (χ0n) is 9.64. The second-order valence-electron chi connectivity index (χ2n) is 3.93. The van der Waals surface area contributed by atoms with E-state index in [9.17, 15) is 0 Å². The maximum Gasteiger partial charge on any atom is 0.0666 e. The van der Waals surface area contributed by atoms with Crippen molar-refractivity contribution < 1.29 is 0 Å². The van der Waals surface area contributed by atoms with E-state index < -0.39 is 0 Å². The number of hydrogen-bond donors (Lipinski definition) is 0. The average molecular weight is 206 g/mol. The Morgan fingerprint density at radius 3 is 2.93 bits per heavy atom. The molecule has 0 saturated carbocycles. The second-order valence-corrected chi connectivity index (χ2v) is 3.93. The quantitative estimate of drug-likeness (QED) is 0.733. The summed E-state index contributed by atoms with van der Waals surface area (Å²) in [5.74, 6) is 0.0798. The Bertz CT molecular complexity index is 337. The number of rotatable bonds is 5. The number of hydrogen-bond acceptors (Lipinski definition) is 3. The SMILES string of the molecule is CCn1cc(CN(C)CC(C)C#N)cn1. The van der Waals surface area contributed by atoms with Crippen LogP contribution in [-0.2, 0) is 13.1 Å². The molecule has 4 heteroatoms. The normalized spacial score (nSPS) is 12.7. The molecule has 82 valence electrons. The van der Waals surface area contributed by atoms with Gasteiger partial charge in [0.2, 0.25) is 0 Å². The van der Waals surface area contributed by atoms with Crippen molar-refractivity contribution in [2.75, 3.05) is 13.6 Å². The van der Waals surface area contributed by atoms with Crippen LogP contribution in [0, 0.1) is 17.2 Å². The van der Waals surface area contributed by atoms with Gasteiger partial charge in [0, 0.05) is 31.4 Å². The molecule has 1 heterocycles. The van der Waals surface area contributed by atoms with Gasteiger partial charge < -0.3 is 4.90 Å². The molecule has 0 amide bonds. The first-order valence-electron chi connectivity index (χ1n) is 5.25. The van der Waals surface area contributed by atoms with Crippen molar-refractivity contribution in [2.45, 2.75) is 26.9 Å². The van der Waals surface area contributed by atoms with Crippen LogP contribution in [0.3, 0.4) is 0 Å². The fourth-order valence-corrected chi connectivity index (χ4v) is 1.55. The third-order valence-electron chi connectivity index (χ3n) is 2.27. The molecule has 0 aliphatic heterocycles. The number of aryl methyl sites for hydroxylation is 1. The Morgan fingerprint density at radius 1 is 1.67 bits per heavy atom. The highest BCUT2D eigenvalue weighted by Gasteiger charge is 2.06. The third kappa shape index (κ3) is 3.72. The molecule has 0 aliphatic rings. The zero-order valence-corrected chi connectivity index (χ0v) is 9.64. The first-order valence-corrected chi connectivity index (χ1v) is 5.25. The number of aromatic nitrogens is 2. The van der Waals surface area contributed by atoms with Gasteiger partial charge in [0.15, 0.2) is 0 Å². The maximum absolute atomic E-state index is 8.70. The van der Waals surface area contributed by atoms with Crippen LogP contribution in [0.15, 0.2) is 12.4 Å². The molecule has 1 atom stereocenters. The van der Waals surface area contributed by atoms with Gasteiger partial charge in [0.05, 0.1) is 18.2 Å². The van der Waals surface area contributed by atoms with Crippen LogP contribution in [0.5, 0.6) is 0 Å². The van der Waals surface area contributed by atoms with Crippen molar-refractivity contribution in [3.63, 3.8) is 0 Å². The van der Waals surface area contributed by atoms with Gasteiger partial charge in [-0.15, -0.1) is 0 Å². The van der Waals surface area contributed by atoms with Gasteiger partial charge in [0.1, 0.15) is 0 Å².